The summed E-state index contributed by atoms with van der Waals surface area (Å²) >= 11 is 0. The zero-order chi connectivity index (χ0) is 22.9. The van der Waals surface area contributed by atoms with E-state index in [2.05, 4.69) is 106 Å². The van der Waals surface area contributed by atoms with Crippen LogP contribution in [0.15, 0.2) is 125 Å². The number of rotatable bonds is 5. The quantitative estimate of drug-likeness (QED) is 0.214. The van der Waals surface area contributed by atoms with Crippen molar-refractivity contribution < 1.29 is 0 Å². The molecule has 3 aromatic carbocycles. The highest BCUT2D eigenvalue weighted by Crippen LogP contribution is 2.33. The van der Waals surface area contributed by atoms with Crippen molar-refractivity contribution in [3.8, 4) is 5.69 Å². The summed E-state index contributed by atoms with van der Waals surface area (Å²) < 4.78 is 4.44. The molecule has 1 aliphatic rings. The molecule has 0 radical (unpaired) electrons. The highest BCUT2D eigenvalue weighted by Gasteiger charge is 2.13. The van der Waals surface area contributed by atoms with E-state index in [9.17, 15) is 0 Å². The van der Waals surface area contributed by atoms with Crippen molar-refractivity contribution in [3.05, 3.63) is 115 Å². The van der Waals surface area contributed by atoms with Gasteiger partial charge in [0.15, 0.2) is 0 Å². The second-order valence-electron chi connectivity index (χ2n) is 8.37. The number of benzene rings is 3. The molecule has 164 valence electrons. The topological polar surface area (TPSA) is 34.6 Å². The van der Waals surface area contributed by atoms with Crippen molar-refractivity contribution in [2.45, 2.75) is 0 Å². The minimum absolute atomic E-state index is 0.547. The van der Waals surface area contributed by atoms with Gasteiger partial charge in [0.2, 0.25) is 0 Å². The third kappa shape index (κ3) is 3.41. The fraction of sp³-hybridized carbons (Fsp3) is 0.0667. The van der Waals surface area contributed by atoms with Crippen molar-refractivity contribution in [1.29, 1.82) is 0 Å². The van der Waals surface area contributed by atoms with Crippen LogP contribution in [0.1, 0.15) is 0 Å². The third-order valence-electron chi connectivity index (χ3n) is 6.37. The van der Waals surface area contributed by atoms with Crippen LogP contribution in [-0.2, 0) is 0 Å². The smallest absolute Gasteiger partial charge is 0.0944 e. The van der Waals surface area contributed by atoms with E-state index in [0.717, 1.165) is 34.4 Å². The van der Waals surface area contributed by atoms with Crippen LogP contribution in [0, 0.1) is 0 Å². The summed E-state index contributed by atoms with van der Waals surface area (Å²) in [5.41, 5.74) is 6.75. The lowest BCUT2D eigenvalue weighted by molar-refractivity contribution is 1.13. The standard InChI is InChI=1S/C30H24N4/c1-2-22(24-9-8-15-31-20-24)19-32-21-34-28-13-7-6-12-26(28)27-17-23-14-16-33(29(23)18-30(27)34)25-10-4-3-5-11-25/h2-14,16-18,20-21H,1,15,19H2/b24-22-,32-21?. The Balaban J connectivity index is 1.50. The number of para-hydroxylation sites is 2. The summed E-state index contributed by atoms with van der Waals surface area (Å²) in [5, 5.41) is 3.67. The van der Waals surface area contributed by atoms with Gasteiger partial charge in [-0.25, -0.2) is 0 Å². The first-order chi connectivity index (χ1) is 16.8. The van der Waals surface area contributed by atoms with E-state index in [4.69, 9.17) is 4.99 Å². The number of aromatic nitrogens is 2. The van der Waals surface area contributed by atoms with E-state index in [1.54, 1.807) is 0 Å². The van der Waals surface area contributed by atoms with Crippen molar-refractivity contribution in [1.82, 2.24) is 9.13 Å². The molecule has 4 nitrogen and oxygen atoms in total. The maximum Gasteiger partial charge on any atom is 0.0944 e. The van der Waals surface area contributed by atoms with Gasteiger partial charge in [-0.3, -0.25) is 9.98 Å². The van der Waals surface area contributed by atoms with Gasteiger partial charge in [0, 0.05) is 34.3 Å². The lowest BCUT2D eigenvalue weighted by Gasteiger charge is -2.07. The van der Waals surface area contributed by atoms with Crippen LogP contribution in [0.2, 0.25) is 0 Å². The molecule has 0 spiro atoms. The minimum atomic E-state index is 0.547. The summed E-state index contributed by atoms with van der Waals surface area (Å²) in [4.78, 5) is 9.16. The first-order valence-corrected chi connectivity index (χ1v) is 11.4. The molecule has 0 aliphatic carbocycles. The van der Waals surface area contributed by atoms with Crippen molar-refractivity contribution in [3.63, 3.8) is 0 Å². The van der Waals surface area contributed by atoms with Crippen LogP contribution in [0.5, 0.6) is 0 Å². The summed E-state index contributed by atoms with van der Waals surface area (Å²) in [6, 6.07) is 25.7. The van der Waals surface area contributed by atoms with Crippen LogP contribution in [0.4, 0.5) is 0 Å². The predicted octanol–water partition coefficient (Wildman–Crippen LogP) is 6.74. The number of allylic oxidation sites excluding steroid dienone is 2. The van der Waals surface area contributed by atoms with Gasteiger partial charge in [-0.1, -0.05) is 61.2 Å². The van der Waals surface area contributed by atoms with Gasteiger partial charge in [-0.15, -0.1) is 0 Å². The molecule has 1 aliphatic heterocycles. The molecule has 0 saturated heterocycles. The Morgan fingerprint density at radius 1 is 0.941 bits per heavy atom. The number of hydrogen-bond donors (Lipinski definition) is 0. The number of dihydropyridines is 1. The van der Waals surface area contributed by atoms with E-state index in [0.29, 0.717) is 6.54 Å². The normalized spacial score (nSPS) is 15.2. The maximum atomic E-state index is 4.82. The SMILES string of the molecule is C=C/C(CN=Cn1c2ccccc2c2cc3ccn(-c4ccccc4)c3cc21)=C1\C=CCN=C1. The second-order valence-corrected chi connectivity index (χ2v) is 8.37. The van der Waals surface area contributed by atoms with Crippen LogP contribution in [0.3, 0.4) is 0 Å². The first-order valence-electron chi connectivity index (χ1n) is 11.4. The fourth-order valence-electron chi connectivity index (χ4n) is 4.68. The van der Waals surface area contributed by atoms with E-state index in [1.165, 1.54) is 21.7 Å². The molecular formula is C30H24N4. The van der Waals surface area contributed by atoms with Crippen molar-refractivity contribution in [2.75, 3.05) is 13.1 Å². The summed E-state index contributed by atoms with van der Waals surface area (Å²) in [7, 11) is 0. The van der Waals surface area contributed by atoms with Crippen LogP contribution in [0.25, 0.3) is 38.4 Å². The largest absolute Gasteiger partial charge is 0.316 e. The van der Waals surface area contributed by atoms with E-state index in [1.807, 2.05) is 24.7 Å². The molecule has 0 N–H and O–H groups in total. The van der Waals surface area contributed by atoms with Gasteiger partial charge in [0.25, 0.3) is 0 Å². The zero-order valence-corrected chi connectivity index (χ0v) is 18.8. The average molecular weight is 441 g/mol. The van der Waals surface area contributed by atoms with E-state index >= 15 is 0 Å². The highest BCUT2D eigenvalue weighted by molar-refractivity contribution is 6.15. The van der Waals surface area contributed by atoms with Gasteiger partial charge < -0.3 is 9.13 Å². The number of fused-ring (bicyclic) bond motifs is 4. The van der Waals surface area contributed by atoms with Crippen molar-refractivity contribution in [2.24, 2.45) is 9.98 Å². The van der Waals surface area contributed by atoms with E-state index in [-0.39, 0.29) is 0 Å². The second kappa shape index (κ2) is 8.49. The summed E-state index contributed by atoms with van der Waals surface area (Å²) in [5.74, 6) is 0. The van der Waals surface area contributed by atoms with Gasteiger partial charge in [-0.05, 0) is 47.5 Å². The molecule has 0 amide bonds. The molecule has 0 saturated carbocycles. The predicted molar refractivity (Wildman–Crippen MR) is 145 cm³/mol. The Labute approximate surface area is 198 Å². The Morgan fingerprint density at radius 2 is 1.79 bits per heavy atom. The highest BCUT2D eigenvalue weighted by atomic mass is 15.0. The van der Waals surface area contributed by atoms with Crippen molar-refractivity contribution >= 4 is 45.3 Å². The molecule has 3 heterocycles. The lowest BCUT2D eigenvalue weighted by Crippen LogP contribution is -2.00. The summed E-state index contributed by atoms with van der Waals surface area (Å²) in [6.45, 7) is 5.26. The Kier molecular flexibility index (Phi) is 5.04. The molecule has 4 heteroatoms. The molecular weight excluding hydrogens is 416 g/mol. The van der Waals surface area contributed by atoms with Gasteiger partial charge in [0.1, 0.15) is 0 Å². The van der Waals surface area contributed by atoms with Gasteiger partial charge in [-0.2, -0.15) is 0 Å². The van der Waals surface area contributed by atoms with Crippen LogP contribution in [-0.4, -0.2) is 34.8 Å². The fourth-order valence-corrected chi connectivity index (χ4v) is 4.68. The molecule has 6 rings (SSSR count). The molecule has 0 fully saturated rings. The third-order valence-corrected chi connectivity index (χ3v) is 6.37. The van der Waals surface area contributed by atoms with Crippen LogP contribution >= 0.6 is 0 Å². The monoisotopic (exact) mass is 440 g/mol. The molecule has 2 aromatic heterocycles. The van der Waals surface area contributed by atoms with E-state index < -0.39 is 0 Å². The van der Waals surface area contributed by atoms with Gasteiger partial charge >= 0.3 is 0 Å². The zero-order valence-electron chi connectivity index (χ0n) is 18.8. The molecule has 0 atom stereocenters. The molecule has 0 bridgehead atoms. The lowest BCUT2D eigenvalue weighted by atomic mass is 10.1. The Bertz CT molecular complexity index is 1640. The number of hydrogen-bond acceptors (Lipinski definition) is 2. The average Bonchev–Trinajstić information content (AvgIpc) is 3.45. The van der Waals surface area contributed by atoms with Crippen LogP contribution < -0.4 is 0 Å². The first kappa shape index (κ1) is 20.2. The minimum Gasteiger partial charge on any atom is -0.316 e. The Hall–Kier alpha value is -4.44. The van der Waals surface area contributed by atoms with Gasteiger partial charge in [0.05, 0.1) is 36.0 Å². The maximum absolute atomic E-state index is 4.82. The molecule has 34 heavy (non-hydrogen) atoms. The Morgan fingerprint density at radius 3 is 2.62 bits per heavy atom. The number of nitrogens with zero attached hydrogens (tertiary/aromatic N) is 4. The number of aliphatic imine (C=N–C) groups is 2. The molecule has 5 aromatic rings. The summed E-state index contributed by atoms with van der Waals surface area (Å²) in [6.07, 6.45) is 12.0. The molecule has 0 unspecified atom stereocenters.